The highest BCUT2D eigenvalue weighted by atomic mass is 35.5. The summed E-state index contributed by atoms with van der Waals surface area (Å²) in [6.07, 6.45) is 0. The fourth-order valence-corrected chi connectivity index (χ4v) is 2.05. The monoisotopic (exact) mass is 276 g/mol. The van der Waals surface area contributed by atoms with Crippen molar-refractivity contribution in [2.45, 2.75) is 0 Å². The standard InChI is InChI=1S/C15H13ClO3/c1-18-12-6-3-10(4-7-12)13-8-5-11(9-14(13)16)15(17)19-2/h3-9H,1-2H3. The van der Waals surface area contributed by atoms with Crippen LogP contribution in [0.25, 0.3) is 11.1 Å². The summed E-state index contributed by atoms with van der Waals surface area (Å²) >= 11 is 6.20. The van der Waals surface area contributed by atoms with Crippen LogP contribution in [0.4, 0.5) is 0 Å². The molecule has 0 aromatic heterocycles. The second-order valence-electron chi connectivity index (χ2n) is 3.91. The van der Waals surface area contributed by atoms with Gasteiger partial charge in [-0.05, 0) is 29.8 Å². The van der Waals surface area contributed by atoms with E-state index in [1.165, 1.54) is 7.11 Å². The van der Waals surface area contributed by atoms with Gasteiger partial charge >= 0.3 is 5.97 Å². The predicted molar refractivity (Wildman–Crippen MR) is 74.8 cm³/mol. The number of carbonyl (C=O) groups excluding carboxylic acids is 1. The van der Waals surface area contributed by atoms with Gasteiger partial charge in [0, 0.05) is 10.6 Å². The van der Waals surface area contributed by atoms with Crippen molar-refractivity contribution in [1.82, 2.24) is 0 Å². The Morgan fingerprint density at radius 1 is 1.05 bits per heavy atom. The van der Waals surface area contributed by atoms with E-state index in [9.17, 15) is 4.79 Å². The zero-order valence-electron chi connectivity index (χ0n) is 10.6. The van der Waals surface area contributed by atoms with Crippen molar-refractivity contribution in [3.05, 3.63) is 53.1 Å². The molecule has 0 spiro atoms. The zero-order chi connectivity index (χ0) is 13.8. The van der Waals surface area contributed by atoms with Gasteiger partial charge in [0.15, 0.2) is 0 Å². The minimum Gasteiger partial charge on any atom is -0.497 e. The number of rotatable bonds is 3. The molecule has 0 fully saturated rings. The lowest BCUT2D eigenvalue weighted by molar-refractivity contribution is 0.0601. The second-order valence-corrected chi connectivity index (χ2v) is 4.32. The number of halogens is 1. The van der Waals surface area contributed by atoms with Crippen molar-refractivity contribution >= 4 is 17.6 Å². The van der Waals surface area contributed by atoms with Gasteiger partial charge in [0.1, 0.15) is 5.75 Å². The van der Waals surface area contributed by atoms with Crippen LogP contribution in [0.1, 0.15) is 10.4 Å². The average molecular weight is 277 g/mol. The molecule has 0 N–H and O–H groups in total. The van der Waals surface area contributed by atoms with Gasteiger partial charge in [-0.25, -0.2) is 4.79 Å². The van der Waals surface area contributed by atoms with Crippen molar-refractivity contribution in [3.63, 3.8) is 0 Å². The molecule has 0 aliphatic rings. The van der Waals surface area contributed by atoms with Gasteiger partial charge in [-0.15, -0.1) is 0 Å². The van der Waals surface area contributed by atoms with Crippen LogP contribution in [0.2, 0.25) is 5.02 Å². The number of esters is 1. The summed E-state index contributed by atoms with van der Waals surface area (Å²) in [6, 6.07) is 12.6. The van der Waals surface area contributed by atoms with E-state index in [2.05, 4.69) is 4.74 Å². The van der Waals surface area contributed by atoms with Crippen LogP contribution in [-0.2, 0) is 4.74 Å². The molecule has 98 valence electrons. The molecule has 0 saturated heterocycles. The van der Waals surface area contributed by atoms with Gasteiger partial charge in [0.25, 0.3) is 0 Å². The number of benzene rings is 2. The molecule has 0 aliphatic carbocycles. The number of carbonyl (C=O) groups is 1. The molecule has 0 radical (unpaired) electrons. The van der Waals surface area contributed by atoms with Crippen LogP contribution in [0.15, 0.2) is 42.5 Å². The summed E-state index contributed by atoms with van der Waals surface area (Å²) in [6.45, 7) is 0. The third-order valence-corrected chi connectivity index (χ3v) is 3.10. The van der Waals surface area contributed by atoms with E-state index in [-0.39, 0.29) is 0 Å². The maximum atomic E-state index is 11.4. The van der Waals surface area contributed by atoms with Crippen LogP contribution in [0.3, 0.4) is 0 Å². The van der Waals surface area contributed by atoms with E-state index in [4.69, 9.17) is 16.3 Å². The predicted octanol–water partition coefficient (Wildman–Crippen LogP) is 3.80. The molecular weight excluding hydrogens is 264 g/mol. The summed E-state index contributed by atoms with van der Waals surface area (Å²) in [7, 11) is 2.96. The lowest BCUT2D eigenvalue weighted by Crippen LogP contribution is -2.00. The first-order valence-corrected chi connectivity index (χ1v) is 6.06. The minimum absolute atomic E-state index is 0.400. The Balaban J connectivity index is 2.37. The highest BCUT2D eigenvalue weighted by Crippen LogP contribution is 2.30. The summed E-state index contributed by atoms with van der Waals surface area (Å²) < 4.78 is 9.76. The first-order valence-electron chi connectivity index (χ1n) is 5.68. The van der Waals surface area contributed by atoms with Crippen molar-refractivity contribution in [2.24, 2.45) is 0 Å². The van der Waals surface area contributed by atoms with Gasteiger partial charge in [0.05, 0.1) is 19.8 Å². The van der Waals surface area contributed by atoms with E-state index in [1.807, 2.05) is 24.3 Å². The minimum atomic E-state index is -0.400. The van der Waals surface area contributed by atoms with Gasteiger partial charge in [-0.2, -0.15) is 0 Å². The zero-order valence-corrected chi connectivity index (χ0v) is 11.4. The highest BCUT2D eigenvalue weighted by Gasteiger charge is 2.09. The molecular formula is C15H13ClO3. The van der Waals surface area contributed by atoms with E-state index in [1.54, 1.807) is 25.3 Å². The Morgan fingerprint density at radius 2 is 1.74 bits per heavy atom. The first-order chi connectivity index (χ1) is 9.15. The Hall–Kier alpha value is -2.00. The second kappa shape index (κ2) is 5.76. The van der Waals surface area contributed by atoms with Gasteiger partial charge in [0.2, 0.25) is 0 Å². The van der Waals surface area contributed by atoms with E-state index in [0.717, 1.165) is 16.9 Å². The molecule has 4 heteroatoms. The molecule has 0 bridgehead atoms. The molecule has 0 amide bonds. The smallest absolute Gasteiger partial charge is 0.337 e. The maximum absolute atomic E-state index is 11.4. The van der Waals surface area contributed by atoms with E-state index < -0.39 is 5.97 Å². The van der Waals surface area contributed by atoms with Crippen molar-refractivity contribution in [2.75, 3.05) is 14.2 Å². The Kier molecular flexibility index (Phi) is 4.07. The van der Waals surface area contributed by atoms with Gasteiger partial charge in [-0.1, -0.05) is 29.8 Å². The quantitative estimate of drug-likeness (QED) is 0.800. The molecule has 2 rings (SSSR count). The van der Waals surface area contributed by atoms with Gasteiger partial charge in [-0.3, -0.25) is 0 Å². The third-order valence-electron chi connectivity index (χ3n) is 2.79. The van der Waals surface area contributed by atoms with E-state index >= 15 is 0 Å². The fraction of sp³-hybridized carbons (Fsp3) is 0.133. The molecule has 19 heavy (non-hydrogen) atoms. The van der Waals surface area contributed by atoms with Crippen LogP contribution in [-0.4, -0.2) is 20.2 Å². The molecule has 0 aliphatic heterocycles. The number of hydrogen-bond donors (Lipinski definition) is 0. The molecule has 3 nitrogen and oxygen atoms in total. The highest BCUT2D eigenvalue weighted by molar-refractivity contribution is 6.33. The molecule has 0 heterocycles. The number of hydrogen-bond acceptors (Lipinski definition) is 3. The Labute approximate surface area is 116 Å². The van der Waals surface area contributed by atoms with Crippen molar-refractivity contribution in [1.29, 1.82) is 0 Å². The molecule has 2 aromatic carbocycles. The van der Waals surface area contributed by atoms with Gasteiger partial charge < -0.3 is 9.47 Å². The number of methoxy groups -OCH3 is 2. The summed E-state index contributed by atoms with van der Waals surface area (Å²) in [5.41, 5.74) is 2.25. The van der Waals surface area contributed by atoms with Crippen LogP contribution >= 0.6 is 11.6 Å². The molecule has 0 saturated carbocycles. The molecule has 0 unspecified atom stereocenters. The Morgan fingerprint density at radius 3 is 2.26 bits per heavy atom. The van der Waals surface area contributed by atoms with Crippen molar-refractivity contribution < 1.29 is 14.3 Å². The third kappa shape index (κ3) is 2.88. The van der Waals surface area contributed by atoms with Crippen LogP contribution in [0, 0.1) is 0 Å². The maximum Gasteiger partial charge on any atom is 0.337 e. The van der Waals surface area contributed by atoms with E-state index in [0.29, 0.717) is 10.6 Å². The summed E-state index contributed by atoms with van der Waals surface area (Å²) in [5, 5.41) is 0.507. The molecule has 0 atom stereocenters. The van der Waals surface area contributed by atoms with Crippen LogP contribution in [0.5, 0.6) is 5.75 Å². The normalized spacial score (nSPS) is 10.1. The largest absolute Gasteiger partial charge is 0.497 e. The van der Waals surface area contributed by atoms with Crippen molar-refractivity contribution in [3.8, 4) is 16.9 Å². The van der Waals surface area contributed by atoms with Crippen LogP contribution < -0.4 is 4.74 Å². The summed E-state index contributed by atoms with van der Waals surface area (Å²) in [4.78, 5) is 11.4. The lowest BCUT2D eigenvalue weighted by Gasteiger charge is -2.07. The topological polar surface area (TPSA) is 35.5 Å². The lowest BCUT2D eigenvalue weighted by atomic mass is 10.0. The summed E-state index contributed by atoms with van der Waals surface area (Å²) in [5.74, 6) is 0.384. The fourth-order valence-electron chi connectivity index (χ4n) is 1.76. The SMILES string of the molecule is COC(=O)c1ccc(-c2ccc(OC)cc2)c(Cl)c1. The Bertz CT molecular complexity index is 591. The molecule has 2 aromatic rings. The first kappa shape index (κ1) is 13.4. The number of ether oxygens (including phenoxy) is 2. The average Bonchev–Trinajstić information content (AvgIpc) is 2.46.